The third-order valence-electron chi connectivity index (χ3n) is 2.62. The van der Waals surface area contributed by atoms with Gasteiger partial charge in [0.05, 0.1) is 11.6 Å². The van der Waals surface area contributed by atoms with E-state index in [2.05, 4.69) is 5.32 Å². The quantitative estimate of drug-likeness (QED) is 0.863. The van der Waals surface area contributed by atoms with E-state index in [1.165, 1.54) is 19.1 Å². The molecular weight excluding hydrogens is 299 g/mol. The average Bonchev–Trinajstić information content (AvgIpc) is 2.34. The molecule has 0 heterocycles. The Morgan fingerprint density at radius 3 is 2.18 bits per heavy atom. The molecule has 0 aliphatic rings. The molecule has 1 rings (SSSR count). The van der Waals surface area contributed by atoms with Gasteiger partial charge in [-0.15, -0.1) is 0 Å². The summed E-state index contributed by atoms with van der Waals surface area (Å²) in [7, 11) is 0. The summed E-state index contributed by atoms with van der Waals surface area (Å²) in [5.41, 5.74) is -2.28. The van der Waals surface area contributed by atoms with Gasteiger partial charge in [0.1, 0.15) is 5.60 Å². The summed E-state index contributed by atoms with van der Waals surface area (Å²) in [6.45, 7) is 6.22. The number of ketones is 1. The second kappa shape index (κ2) is 6.37. The molecule has 0 saturated heterocycles. The molecule has 122 valence electrons. The summed E-state index contributed by atoms with van der Waals surface area (Å²) >= 11 is 0. The highest BCUT2D eigenvalue weighted by Gasteiger charge is 2.36. The molecule has 0 fully saturated rings. The van der Waals surface area contributed by atoms with Gasteiger partial charge in [-0.25, -0.2) is 4.79 Å². The van der Waals surface area contributed by atoms with Crippen molar-refractivity contribution in [2.45, 2.75) is 45.5 Å². The van der Waals surface area contributed by atoms with Gasteiger partial charge in [-0.2, -0.15) is 13.2 Å². The van der Waals surface area contributed by atoms with E-state index < -0.39 is 40.8 Å². The lowest BCUT2D eigenvalue weighted by Crippen LogP contribution is -2.42. The first-order chi connectivity index (χ1) is 9.92. The van der Waals surface area contributed by atoms with Gasteiger partial charge in [0, 0.05) is 5.56 Å². The third-order valence-corrected chi connectivity index (χ3v) is 2.62. The van der Waals surface area contributed by atoms with Crippen LogP contribution in [0.25, 0.3) is 0 Å². The molecular formula is C15H18F3NO3. The summed E-state index contributed by atoms with van der Waals surface area (Å²) < 4.78 is 43.6. The topological polar surface area (TPSA) is 55.4 Å². The number of amides is 1. The van der Waals surface area contributed by atoms with Crippen molar-refractivity contribution in [1.29, 1.82) is 0 Å². The number of alkyl carbamates (subject to hydrolysis) is 1. The lowest BCUT2D eigenvalue weighted by atomic mass is 9.99. The van der Waals surface area contributed by atoms with Gasteiger partial charge in [-0.3, -0.25) is 4.79 Å². The van der Waals surface area contributed by atoms with Crippen LogP contribution >= 0.6 is 0 Å². The summed E-state index contributed by atoms with van der Waals surface area (Å²) in [6.07, 6.45) is -5.50. The summed E-state index contributed by atoms with van der Waals surface area (Å²) in [5.74, 6) is -0.834. The fourth-order valence-corrected chi connectivity index (χ4v) is 1.73. The van der Waals surface area contributed by atoms with Crippen LogP contribution in [-0.4, -0.2) is 23.5 Å². The molecule has 1 unspecified atom stereocenters. The van der Waals surface area contributed by atoms with Crippen molar-refractivity contribution in [3.05, 3.63) is 35.4 Å². The molecule has 7 heteroatoms. The second-order valence-electron chi connectivity index (χ2n) is 5.78. The molecule has 0 aliphatic carbocycles. The number of carbonyl (C=O) groups excluding carboxylic acids is 2. The highest BCUT2D eigenvalue weighted by molar-refractivity contribution is 6.02. The maximum absolute atomic E-state index is 12.9. The van der Waals surface area contributed by atoms with Crippen LogP contribution in [0.4, 0.5) is 18.0 Å². The number of rotatable bonds is 3. The Kier molecular flexibility index (Phi) is 5.22. The highest BCUT2D eigenvalue weighted by Crippen LogP contribution is 2.32. The largest absolute Gasteiger partial charge is 0.444 e. The van der Waals surface area contributed by atoms with Crippen molar-refractivity contribution >= 4 is 11.9 Å². The number of carbonyl (C=O) groups is 2. The van der Waals surface area contributed by atoms with Gasteiger partial charge in [0.15, 0.2) is 5.78 Å². The molecule has 0 spiro atoms. The number of halogens is 3. The minimum Gasteiger partial charge on any atom is -0.444 e. The van der Waals surface area contributed by atoms with Crippen LogP contribution in [0.5, 0.6) is 0 Å². The van der Waals surface area contributed by atoms with Crippen LogP contribution in [0, 0.1) is 0 Å². The normalized spacial score (nSPS) is 13.4. The van der Waals surface area contributed by atoms with Crippen molar-refractivity contribution in [1.82, 2.24) is 5.32 Å². The van der Waals surface area contributed by atoms with E-state index in [-0.39, 0.29) is 0 Å². The molecule has 1 atom stereocenters. The fourth-order valence-electron chi connectivity index (χ4n) is 1.73. The van der Waals surface area contributed by atoms with Crippen LogP contribution in [0.1, 0.15) is 43.6 Å². The van der Waals surface area contributed by atoms with Crippen molar-refractivity contribution < 1.29 is 27.5 Å². The van der Waals surface area contributed by atoms with E-state index in [9.17, 15) is 22.8 Å². The van der Waals surface area contributed by atoms with E-state index in [0.717, 1.165) is 12.1 Å². The number of benzene rings is 1. The molecule has 0 aliphatic heterocycles. The Morgan fingerprint density at radius 2 is 1.68 bits per heavy atom. The van der Waals surface area contributed by atoms with Crippen LogP contribution < -0.4 is 5.32 Å². The van der Waals surface area contributed by atoms with Crippen LogP contribution in [0.15, 0.2) is 24.3 Å². The minimum absolute atomic E-state index is 0.487. The van der Waals surface area contributed by atoms with E-state index in [1.807, 2.05) is 0 Å². The number of nitrogens with one attached hydrogen (secondary N) is 1. The molecule has 22 heavy (non-hydrogen) atoms. The molecule has 0 bridgehead atoms. The van der Waals surface area contributed by atoms with Gasteiger partial charge < -0.3 is 10.1 Å². The van der Waals surface area contributed by atoms with E-state index in [4.69, 9.17) is 4.74 Å². The Hall–Kier alpha value is -2.05. The van der Waals surface area contributed by atoms with Crippen molar-refractivity contribution in [3.63, 3.8) is 0 Å². The standard InChI is InChI=1S/C15H18F3NO3/c1-9(19-13(21)22-14(2,3)4)12(20)10-7-5-6-8-11(10)15(16,17)18/h5-9H,1-4H3,(H,19,21). The Balaban J connectivity index is 2.91. The number of ether oxygens (including phenoxy) is 1. The van der Waals surface area contributed by atoms with Gasteiger partial charge in [-0.05, 0) is 33.8 Å². The number of hydrogen-bond acceptors (Lipinski definition) is 3. The fraction of sp³-hybridized carbons (Fsp3) is 0.467. The molecule has 1 aromatic rings. The smallest absolute Gasteiger partial charge is 0.417 e. The SMILES string of the molecule is CC(NC(=O)OC(C)(C)C)C(=O)c1ccccc1C(F)(F)F. The van der Waals surface area contributed by atoms with Crippen LogP contribution in [-0.2, 0) is 10.9 Å². The zero-order valence-corrected chi connectivity index (χ0v) is 12.7. The molecule has 1 aromatic carbocycles. The van der Waals surface area contributed by atoms with E-state index in [1.54, 1.807) is 20.8 Å². The summed E-state index contributed by atoms with van der Waals surface area (Å²) in [4.78, 5) is 23.7. The molecule has 4 nitrogen and oxygen atoms in total. The minimum atomic E-state index is -4.64. The maximum Gasteiger partial charge on any atom is 0.417 e. The Morgan fingerprint density at radius 1 is 1.14 bits per heavy atom. The predicted molar refractivity (Wildman–Crippen MR) is 74.6 cm³/mol. The molecule has 1 amide bonds. The summed E-state index contributed by atoms with van der Waals surface area (Å²) in [5, 5.41) is 2.24. The van der Waals surface area contributed by atoms with E-state index in [0.29, 0.717) is 0 Å². The first-order valence-corrected chi connectivity index (χ1v) is 6.62. The van der Waals surface area contributed by atoms with Gasteiger partial charge in [-0.1, -0.05) is 18.2 Å². The average molecular weight is 317 g/mol. The second-order valence-corrected chi connectivity index (χ2v) is 5.78. The van der Waals surface area contributed by atoms with Crippen LogP contribution in [0.3, 0.4) is 0 Å². The third kappa shape index (κ3) is 5.05. The molecule has 0 radical (unpaired) electrons. The molecule has 1 N–H and O–H groups in total. The first kappa shape index (κ1) is 18.0. The zero-order valence-electron chi connectivity index (χ0n) is 12.7. The monoisotopic (exact) mass is 317 g/mol. The Labute approximate surface area is 126 Å². The summed E-state index contributed by atoms with van der Waals surface area (Å²) in [6, 6.07) is 3.30. The number of Topliss-reactive ketones (excluding diaryl/α,β-unsaturated/α-hetero) is 1. The molecule has 0 saturated carbocycles. The van der Waals surface area contributed by atoms with Crippen molar-refractivity contribution in [3.8, 4) is 0 Å². The van der Waals surface area contributed by atoms with Crippen molar-refractivity contribution in [2.24, 2.45) is 0 Å². The predicted octanol–water partition coefficient (Wildman–Crippen LogP) is 3.80. The number of alkyl halides is 3. The maximum atomic E-state index is 12.9. The Bertz CT molecular complexity index is 562. The molecule has 0 aromatic heterocycles. The van der Waals surface area contributed by atoms with Gasteiger partial charge in [0.25, 0.3) is 0 Å². The number of hydrogen-bond donors (Lipinski definition) is 1. The van der Waals surface area contributed by atoms with Crippen molar-refractivity contribution in [2.75, 3.05) is 0 Å². The highest BCUT2D eigenvalue weighted by atomic mass is 19.4. The lowest BCUT2D eigenvalue weighted by molar-refractivity contribution is -0.137. The van der Waals surface area contributed by atoms with Crippen LogP contribution in [0.2, 0.25) is 0 Å². The zero-order chi connectivity index (χ0) is 17.1. The van der Waals surface area contributed by atoms with Gasteiger partial charge >= 0.3 is 12.3 Å². The first-order valence-electron chi connectivity index (χ1n) is 6.62. The van der Waals surface area contributed by atoms with E-state index >= 15 is 0 Å². The van der Waals surface area contributed by atoms with Gasteiger partial charge in [0.2, 0.25) is 0 Å². The lowest BCUT2D eigenvalue weighted by Gasteiger charge is -2.22.